The number of aromatic nitrogens is 2. The van der Waals surface area contributed by atoms with Gasteiger partial charge in [-0.25, -0.2) is 8.78 Å². The van der Waals surface area contributed by atoms with Crippen LogP contribution in [0.15, 0.2) is 53.1 Å². The standard InChI is InChI=1S/C21H18F2N2O3/c22-15-9-7-14(8-10-15)19-24-18(28-25-19)13-27-20(26)21(11-3-4-12-21)16-5-1-2-6-17(16)23/h1-2,5-10H,3-4,11-13H2. The molecule has 1 aromatic heterocycles. The maximum absolute atomic E-state index is 14.4. The highest BCUT2D eigenvalue weighted by atomic mass is 19.1. The zero-order chi connectivity index (χ0) is 19.6. The van der Waals surface area contributed by atoms with E-state index in [1.165, 1.54) is 30.3 Å². The molecule has 0 radical (unpaired) electrons. The maximum Gasteiger partial charge on any atom is 0.317 e. The number of carbonyl (C=O) groups is 1. The van der Waals surface area contributed by atoms with Crippen molar-refractivity contribution in [2.24, 2.45) is 0 Å². The van der Waals surface area contributed by atoms with Gasteiger partial charge in [-0.3, -0.25) is 4.79 Å². The number of hydrogen-bond donors (Lipinski definition) is 0. The Hall–Kier alpha value is -3.09. The number of rotatable bonds is 5. The van der Waals surface area contributed by atoms with E-state index in [0.717, 1.165) is 12.8 Å². The summed E-state index contributed by atoms with van der Waals surface area (Å²) in [6, 6.07) is 12.0. The fourth-order valence-corrected chi connectivity index (χ4v) is 3.71. The molecule has 1 heterocycles. The molecule has 0 atom stereocenters. The Bertz CT molecular complexity index is 979. The second-order valence-corrected chi connectivity index (χ2v) is 6.86. The summed E-state index contributed by atoms with van der Waals surface area (Å²) in [6.07, 6.45) is 2.74. The number of nitrogens with zero attached hydrogens (tertiary/aromatic N) is 2. The van der Waals surface area contributed by atoms with E-state index in [1.54, 1.807) is 18.2 Å². The third kappa shape index (κ3) is 3.40. The Labute approximate surface area is 160 Å². The highest BCUT2D eigenvalue weighted by Crippen LogP contribution is 2.43. The van der Waals surface area contributed by atoms with E-state index in [0.29, 0.717) is 24.0 Å². The highest BCUT2D eigenvalue weighted by Gasteiger charge is 2.45. The lowest BCUT2D eigenvalue weighted by Gasteiger charge is -2.27. The number of ether oxygens (including phenoxy) is 1. The smallest absolute Gasteiger partial charge is 0.317 e. The van der Waals surface area contributed by atoms with Gasteiger partial charge in [0.1, 0.15) is 11.6 Å². The van der Waals surface area contributed by atoms with Crippen LogP contribution in [0.1, 0.15) is 37.1 Å². The van der Waals surface area contributed by atoms with Crippen LogP contribution in [0, 0.1) is 11.6 Å². The van der Waals surface area contributed by atoms with Crippen LogP contribution in [0.2, 0.25) is 0 Å². The average molecular weight is 384 g/mol. The molecule has 0 aliphatic heterocycles. The van der Waals surface area contributed by atoms with Crippen LogP contribution in [0.5, 0.6) is 0 Å². The van der Waals surface area contributed by atoms with Crippen LogP contribution >= 0.6 is 0 Å². The monoisotopic (exact) mass is 384 g/mol. The number of esters is 1. The van der Waals surface area contributed by atoms with E-state index >= 15 is 0 Å². The van der Waals surface area contributed by atoms with Gasteiger partial charge in [-0.1, -0.05) is 36.2 Å². The predicted octanol–water partition coefficient (Wildman–Crippen LogP) is 4.57. The van der Waals surface area contributed by atoms with E-state index in [9.17, 15) is 13.6 Å². The van der Waals surface area contributed by atoms with E-state index < -0.39 is 17.2 Å². The molecule has 3 aromatic rings. The first-order valence-electron chi connectivity index (χ1n) is 9.09. The molecule has 1 saturated carbocycles. The molecule has 0 bridgehead atoms. The summed E-state index contributed by atoms with van der Waals surface area (Å²) in [5, 5.41) is 3.82. The van der Waals surface area contributed by atoms with E-state index in [-0.39, 0.29) is 24.1 Å². The Morgan fingerprint density at radius 2 is 1.79 bits per heavy atom. The molecule has 5 nitrogen and oxygen atoms in total. The van der Waals surface area contributed by atoms with Gasteiger partial charge >= 0.3 is 5.97 Å². The summed E-state index contributed by atoms with van der Waals surface area (Å²) in [7, 11) is 0. The van der Waals surface area contributed by atoms with Gasteiger partial charge in [0.25, 0.3) is 5.89 Å². The molecule has 144 valence electrons. The number of hydrogen-bond acceptors (Lipinski definition) is 5. The van der Waals surface area contributed by atoms with E-state index in [2.05, 4.69) is 10.1 Å². The van der Waals surface area contributed by atoms with Crippen LogP contribution in [-0.2, 0) is 21.6 Å². The van der Waals surface area contributed by atoms with Crippen molar-refractivity contribution >= 4 is 5.97 Å². The first-order chi connectivity index (χ1) is 13.6. The van der Waals surface area contributed by atoms with E-state index in [4.69, 9.17) is 9.26 Å². The molecule has 7 heteroatoms. The molecule has 1 aliphatic rings. The minimum Gasteiger partial charge on any atom is -0.455 e. The second-order valence-electron chi connectivity index (χ2n) is 6.86. The van der Waals surface area contributed by atoms with Crippen molar-refractivity contribution in [1.82, 2.24) is 10.1 Å². The van der Waals surface area contributed by atoms with Gasteiger partial charge < -0.3 is 9.26 Å². The molecule has 0 spiro atoms. The quantitative estimate of drug-likeness (QED) is 0.603. The molecule has 0 amide bonds. The van der Waals surface area contributed by atoms with Gasteiger partial charge in [-0.15, -0.1) is 0 Å². The van der Waals surface area contributed by atoms with Crippen LogP contribution < -0.4 is 0 Å². The number of halogens is 2. The van der Waals surface area contributed by atoms with Gasteiger partial charge in [-0.2, -0.15) is 4.98 Å². The van der Waals surface area contributed by atoms with Gasteiger partial charge in [0.05, 0.1) is 5.41 Å². The third-order valence-corrected chi connectivity index (χ3v) is 5.13. The fraction of sp³-hybridized carbons (Fsp3) is 0.286. The molecule has 0 unspecified atom stereocenters. The van der Waals surface area contributed by atoms with Crippen molar-refractivity contribution in [3.05, 3.63) is 71.6 Å². The molecule has 2 aromatic carbocycles. The van der Waals surface area contributed by atoms with Crippen LogP contribution in [0.4, 0.5) is 8.78 Å². The molecule has 4 rings (SSSR count). The predicted molar refractivity (Wildman–Crippen MR) is 96.0 cm³/mol. The van der Waals surface area contributed by atoms with E-state index in [1.807, 2.05) is 0 Å². The Morgan fingerprint density at radius 3 is 2.50 bits per heavy atom. The zero-order valence-corrected chi connectivity index (χ0v) is 15.0. The van der Waals surface area contributed by atoms with Gasteiger partial charge in [0.15, 0.2) is 6.61 Å². The third-order valence-electron chi connectivity index (χ3n) is 5.13. The van der Waals surface area contributed by atoms with Crippen molar-refractivity contribution in [3.8, 4) is 11.4 Å². The van der Waals surface area contributed by atoms with Gasteiger partial charge in [-0.05, 0) is 43.2 Å². The molecule has 28 heavy (non-hydrogen) atoms. The Morgan fingerprint density at radius 1 is 1.07 bits per heavy atom. The summed E-state index contributed by atoms with van der Waals surface area (Å²) < 4.78 is 37.9. The first-order valence-corrected chi connectivity index (χ1v) is 9.09. The molecule has 1 aliphatic carbocycles. The minimum atomic E-state index is -0.981. The summed E-state index contributed by atoms with van der Waals surface area (Å²) in [5.41, 5.74) is -0.0260. The Balaban J connectivity index is 1.49. The summed E-state index contributed by atoms with van der Waals surface area (Å²) in [6.45, 7) is -0.205. The van der Waals surface area contributed by atoms with Crippen LogP contribution in [0.25, 0.3) is 11.4 Å². The SMILES string of the molecule is O=C(OCc1nc(-c2ccc(F)cc2)no1)C1(c2ccccc2F)CCCC1. The van der Waals surface area contributed by atoms with Gasteiger partial charge in [0.2, 0.25) is 5.82 Å². The highest BCUT2D eigenvalue weighted by molar-refractivity contribution is 5.83. The van der Waals surface area contributed by atoms with Crippen molar-refractivity contribution in [1.29, 1.82) is 0 Å². The first kappa shape index (κ1) is 18.3. The maximum atomic E-state index is 14.4. The van der Waals surface area contributed by atoms with Gasteiger partial charge in [0, 0.05) is 11.1 Å². The van der Waals surface area contributed by atoms with Crippen LogP contribution in [0.3, 0.4) is 0 Å². The summed E-state index contributed by atoms with van der Waals surface area (Å²) in [5.74, 6) is -0.865. The largest absolute Gasteiger partial charge is 0.455 e. The molecule has 1 fully saturated rings. The lowest BCUT2D eigenvalue weighted by molar-refractivity contribution is -0.152. The lowest BCUT2D eigenvalue weighted by Crippen LogP contribution is -2.35. The number of benzene rings is 2. The normalized spacial score (nSPS) is 15.5. The van der Waals surface area contributed by atoms with Crippen molar-refractivity contribution in [3.63, 3.8) is 0 Å². The number of carbonyl (C=O) groups excluding carboxylic acids is 1. The lowest BCUT2D eigenvalue weighted by atomic mass is 9.78. The van der Waals surface area contributed by atoms with Crippen LogP contribution in [-0.4, -0.2) is 16.1 Å². The zero-order valence-electron chi connectivity index (χ0n) is 15.0. The molecular formula is C21H18F2N2O3. The summed E-state index contributed by atoms with van der Waals surface area (Å²) >= 11 is 0. The topological polar surface area (TPSA) is 65.2 Å². The van der Waals surface area contributed by atoms with Crippen molar-refractivity contribution in [2.75, 3.05) is 0 Å². The van der Waals surface area contributed by atoms with Crippen molar-refractivity contribution in [2.45, 2.75) is 37.7 Å². The minimum absolute atomic E-state index is 0.120. The Kier molecular flexibility index (Phi) is 4.90. The molecule has 0 N–H and O–H groups in total. The van der Waals surface area contributed by atoms with Crippen molar-refractivity contribution < 1.29 is 22.8 Å². The average Bonchev–Trinajstić information content (AvgIpc) is 3.38. The summed E-state index contributed by atoms with van der Waals surface area (Å²) in [4.78, 5) is 17.1. The molecule has 0 saturated heterocycles. The second kappa shape index (κ2) is 7.50. The molecular weight excluding hydrogens is 366 g/mol. The fourth-order valence-electron chi connectivity index (χ4n) is 3.71.